The third-order valence-electron chi connectivity index (χ3n) is 5.88. The second-order valence-corrected chi connectivity index (χ2v) is 7.94. The molecule has 1 amide bonds. The molecule has 6 heteroatoms. The molecule has 1 aliphatic rings. The zero-order valence-corrected chi connectivity index (χ0v) is 17.9. The lowest BCUT2D eigenvalue weighted by Gasteiger charge is -2.44. The van der Waals surface area contributed by atoms with Crippen LogP contribution >= 0.6 is 11.6 Å². The third-order valence-corrected chi connectivity index (χ3v) is 6.23. The van der Waals surface area contributed by atoms with Crippen LogP contribution in [0.3, 0.4) is 0 Å². The minimum absolute atomic E-state index is 0.221. The molecule has 3 aromatic rings. The molecule has 3 unspecified atom stereocenters. The summed E-state index contributed by atoms with van der Waals surface area (Å²) in [6, 6.07) is 20.3. The van der Waals surface area contributed by atoms with Gasteiger partial charge in [-0.05, 0) is 47.9 Å². The summed E-state index contributed by atoms with van der Waals surface area (Å²) in [5, 5.41) is 10.7. The number of carbonyl (C=O) groups excluding carboxylic acids is 1. The Bertz CT molecular complexity index is 1130. The molecular formula is C25H22ClNO4. The van der Waals surface area contributed by atoms with Gasteiger partial charge in [-0.15, -0.1) is 0 Å². The largest absolute Gasteiger partial charge is 0.497 e. The van der Waals surface area contributed by atoms with Gasteiger partial charge in [-0.1, -0.05) is 60.1 Å². The lowest BCUT2D eigenvalue weighted by atomic mass is 9.78. The number of carbonyl (C=O) groups is 2. The Morgan fingerprint density at radius 3 is 2.23 bits per heavy atom. The molecule has 0 radical (unpaired) electrons. The number of hydrogen-bond donors (Lipinski definition) is 1. The number of halogens is 1. The molecule has 1 heterocycles. The van der Waals surface area contributed by atoms with Gasteiger partial charge < -0.3 is 14.7 Å². The lowest BCUT2D eigenvalue weighted by molar-refractivity contribution is -0.140. The van der Waals surface area contributed by atoms with Crippen LogP contribution in [0.4, 0.5) is 0 Å². The Morgan fingerprint density at radius 2 is 1.61 bits per heavy atom. The van der Waals surface area contributed by atoms with E-state index >= 15 is 0 Å². The highest BCUT2D eigenvalue weighted by atomic mass is 35.5. The van der Waals surface area contributed by atoms with Crippen LogP contribution in [0.25, 0.3) is 0 Å². The molecular weight excluding hydrogens is 414 g/mol. The van der Waals surface area contributed by atoms with Crippen LogP contribution in [0.1, 0.15) is 52.0 Å². The van der Waals surface area contributed by atoms with Gasteiger partial charge in [0.2, 0.25) is 0 Å². The quantitative estimate of drug-likeness (QED) is 0.576. The van der Waals surface area contributed by atoms with E-state index in [2.05, 4.69) is 0 Å². The van der Waals surface area contributed by atoms with Gasteiger partial charge in [0.05, 0.1) is 19.2 Å². The maximum atomic E-state index is 13.7. The first-order valence-electron chi connectivity index (χ1n) is 9.96. The molecule has 0 saturated carbocycles. The Labute approximate surface area is 185 Å². The van der Waals surface area contributed by atoms with E-state index < -0.39 is 24.0 Å². The van der Waals surface area contributed by atoms with E-state index in [-0.39, 0.29) is 5.91 Å². The second-order valence-electron chi connectivity index (χ2n) is 7.53. The standard InChI is InChI=1S/C25H22ClNO4/c1-15(16-11-13-17(31-2)14-12-16)27-23(20-9-5-6-10-21(20)26)22(25(29)30)18-7-3-4-8-19(18)24(27)28/h3-15,22-23H,1-2H3,(H,29,30). The fourth-order valence-electron chi connectivity index (χ4n) is 4.33. The summed E-state index contributed by atoms with van der Waals surface area (Å²) >= 11 is 6.51. The van der Waals surface area contributed by atoms with Crippen LogP contribution in [0.2, 0.25) is 5.02 Å². The number of benzene rings is 3. The van der Waals surface area contributed by atoms with Crippen LogP contribution in [-0.4, -0.2) is 29.0 Å². The molecule has 1 aliphatic heterocycles. The third kappa shape index (κ3) is 3.66. The molecule has 158 valence electrons. The number of carboxylic acid groups (broad SMARTS) is 1. The van der Waals surface area contributed by atoms with Crippen molar-refractivity contribution in [1.29, 1.82) is 0 Å². The topological polar surface area (TPSA) is 66.8 Å². The van der Waals surface area contributed by atoms with Crippen LogP contribution in [0.15, 0.2) is 72.8 Å². The average Bonchev–Trinajstić information content (AvgIpc) is 2.79. The smallest absolute Gasteiger partial charge is 0.313 e. The molecule has 0 aromatic heterocycles. The van der Waals surface area contributed by atoms with Gasteiger partial charge in [-0.2, -0.15) is 0 Å². The van der Waals surface area contributed by atoms with E-state index in [0.717, 1.165) is 5.56 Å². The van der Waals surface area contributed by atoms with Crippen LogP contribution in [-0.2, 0) is 4.79 Å². The van der Waals surface area contributed by atoms with Gasteiger partial charge >= 0.3 is 5.97 Å². The number of nitrogens with zero attached hydrogens (tertiary/aromatic N) is 1. The van der Waals surface area contributed by atoms with E-state index in [1.165, 1.54) is 0 Å². The molecule has 31 heavy (non-hydrogen) atoms. The maximum Gasteiger partial charge on any atom is 0.313 e. The first kappa shape index (κ1) is 20.9. The number of rotatable bonds is 5. The Hall–Kier alpha value is -3.31. The number of carboxylic acids is 1. The SMILES string of the molecule is COc1ccc(C(C)N2C(=O)c3ccccc3C(C(=O)O)C2c2ccccc2Cl)cc1. The zero-order chi connectivity index (χ0) is 22.1. The van der Waals surface area contributed by atoms with Gasteiger partial charge in [0.1, 0.15) is 11.7 Å². The second kappa shape index (κ2) is 8.44. The van der Waals surface area contributed by atoms with Gasteiger partial charge in [0.15, 0.2) is 0 Å². The van der Waals surface area contributed by atoms with E-state index in [9.17, 15) is 14.7 Å². The van der Waals surface area contributed by atoms with Gasteiger partial charge in [-0.3, -0.25) is 9.59 Å². The molecule has 0 bridgehead atoms. The van der Waals surface area contributed by atoms with Crippen LogP contribution in [0.5, 0.6) is 5.75 Å². The summed E-state index contributed by atoms with van der Waals surface area (Å²) in [6.45, 7) is 1.90. The van der Waals surface area contributed by atoms with Crippen molar-refractivity contribution in [1.82, 2.24) is 4.90 Å². The van der Waals surface area contributed by atoms with Crippen molar-refractivity contribution in [3.8, 4) is 5.75 Å². The normalized spacial score (nSPS) is 18.9. The number of amides is 1. The van der Waals surface area contributed by atoms with Crippen molar-refractivity contribution in [3.05, 3.63) is 100 Å². The van der Waals surface area contributed by atoms with E-state index in [4.69, 9.17) is 16.3 Å². The number of hydrogen-bond acceptors (Lipinski definition) is 3. The van der Waals surface area contributed by atoms with Crippen LogP contribution < -0.4 is 4.74 Å². The molecule has 3 aromatic carbocycles. The molecule has 0 aliphatic carbocycles. The first-order chi connectivity index (χ1) is 14.9. The lowest BCUT2D eigenvalue weighted by Crippen LogP contribution is -2.46. The Balaban J connectivity index is 1.92. The summed E-state index contributed by atoms with van der Waals surface area (Å²) in [5.74, 6) is -1.47. The first-order valence-corrected chi connectivity index (χ1v) is 10.3. The number of methoxy groups -OCH3 is 1. The summed E-state index contributed by atoms with van der Waals surface area (Å²) in [6.07, 6.45) is 0. The highest BCUT2D eigenvalue weighted by molar-refractivity contribution is 6.31. The molecule has 1 N–H and O–H groups in total. The van der Waals surface area contributed by atoms with Crippen molar-refractivity contribution in [2.45, 2.75) is 24.9 Å². The van der Waals surface area contributed by atoms with E-state index in [0.29, 0.717) is 27.5 Å². The minimum atomic E-state index is -1.00. The number of aliphatic carboxylic acids is 1. The van der Waals surface area contributed by atoms with Crippen molar-refractivity contribution < 1.29 is 19.4 Å². The van der Waals surface area contributed by atoms with E-state index in [1.54, 1.807) is 60.5 Å². The van der Waals surface area contributed by atoms with Gasteiger partial charge in [0, 0.05) is 10.6 Å². The molecule has 5 nitrogen and oxygen atoms in total. The highest BCUT2D eigenvalue weighted by Gasteiger charge is 2.46. The maximum absolute atomic E-state index is 13.7. The van der Waals surface area contributed by atoms with Gasteiger partial charge in [-0.25, -0.2) is 0 Å². The fourth-order valence-corrected chi connectivity index (χ4v) is 4.58. The number of ether oxygens (including phenoxy) is 1. The van der Waals surface area contributed by atoms with Crippen molar-refractivity contribution in [2.24, 2.45) is 0 Å². The Kier molecular flexibility index (Phi) is 5.70. The highest BCUT2D eigenvalue weighted by Crippen LogP contribution is 2.48. The Morgan fingerprint density at radius 1 is 1.00 bits per heavy atom. The monoisotopic (exact) mass is 435 g/mol. The molecule has 0 saturated heterocycles. The van der Waals surface area contributed by atoms with Crippen molar-refractivity contribution in [3.63, 3.8) is 0 Å². The molecule has 4 rings (SSSR count). The number of fused-ring (bicyclic) bond motifs is 1. The molecule has 0 spiro atoms. The predicted molar refractivity (Wildman–Crippen MR) is 119 cm³/mol. The predicted octanol–water partition coefficient (Wildman–Crippen LogP) is 5.48. The van der Waals surface area contributed by atoms with E-state index in [1.807, 2.05) is 31.2 Å². The van der Waals surface area contributed by atoms with Crippen LogP contribution in [0, 0.1) is 0 Å². The molecule has 0 fully saturated rings. The molecule has 3 atom stereocenters. The van der Waals surface area contributed by atoms with Crippen molar-refractivity contribution >= 4 is 23.5 Å². The average molecular weight is 436 g/mol. The zero-order valence-electron chi connectivity index (χ0n) is 17.2. The van der Waals surface area contributed by atoms with Crippen molar-refractivity contribution in [2.75, 3.05) is 7.11 Å². The summed E-state index contributed by atoms with van der Waals surface area (Å²) in [7, 11) is 1.59. The summed E-state index contributed by atoms with van der Waals surface area (Å²) in [5.41, 5.74) is 2.39. The fraction of sp³-hybridized carbons (Fsp3) is 0.200. The summed E-state index contributed by atoms with van der Waals surface area (Å²) in [4.78, 5) is 27.8. The summed E-state index contributed by atoms with van der Waals surface area (Å²) < 4.78 is 5.24. The van der Waals surface area contributed by atoms with Gasteiger partial charge in [0.25, 0.3) is 5.91 Å². The minimum Gasteiger partial charge on any atom is -0.497 e.